The molecule has 45 heavy (non-hydrogen) atoms. The van der Waals surface area contributed by atoms with Crippen molar-refractivity contribution in [3.8, 4) is 11.4 Å². The number of rotatable bonds is 10. The van der Waals surface area contributed by atoms with Crippen LogP contribution in [0.4, 0.5) is 0 Å². The summed E-state index contributed by atoms with van der Waals surface area (Å²) in [6.45, 7) is 2.44. The molecular formula is C33H32N6O5S. The van der Waals surface area contributed by atoms with E-state index in [0.29, 0.717) is 23.0 Å². The minimum Gasteiger partial charge on any atom is -0.508 e. The number of carbonyl (C=O) groups excluding carboxylic acids is 1. The van der Waals surface area contributed by atoms with Crippen LogP contribution >= 0.6 is 11.8 Å². The molecule has 3 aromatic carbocycles. The Morgan fingerprint density at radius 2 is 1.69 bits per heavy atom. The smallest absolute Gasteiger partial charge is 0.253 e. The SMILES string of the molecule is C[C@H]1[C@@H](CSc2nnnn2-c2ccc(O)cc2)O[C@@H](c2ccc(CNC(=O)c3cccnc3)cc2)O[C@H]1c1ccc(CO)cc1. The number of hydrogen-bond donors (Lipinski definition) is 3. The van der Waals surface area contributed by atoms with Gasteiger partial charge in [0.05, 0.1) is 30.1 Å². The highest BCUT2D eigenvalue weighted by molar-refractivity contribution is 7.99. The van der Waals surface area contributed by atoms with Crippen molar-refractivity contribution in [1.29, 1.82) is 0 Å². The maximum Gasteiger partial charge on any atom is 0.253 e. The van der Waals surface area contributed by atoms with Crippen LogP contribution in [-0.2, 0) is 22.6 Å². The van der Waals surface area contributed by atoms with Crippen molar-refractivity contribution in [1.82, 2.24) is 30.5 Å². The van der Waals surface area contributed by atoms with Crippen LogP contribution in [0.15, 0.2) is 102 Å². The van der Waals surface area contributed by atoms with Gasteiger partial charge in [0.15, 0.2) is 6.29 Å². The van der Waals surface area contributed by atoms with Gasteiger partial charge in [0, 0.05) is 36.2 Å². The maximum atomic E-state index is 12.4. The molecule has 3 N–H and O–H groups in total. The first-order valence-electron chi connectivity index (χ1n) is 14.5. The van der Waals surface area contributed by atoms with E-state index in [9.17, 15) is 15.0 Å². The fraction of sp³-hybridized carbons (Fsp3) is 0.242. The standard InChI is InChI=1S/C33H32N6O5S/c1-21-29(20-45-33-36-37-38-39(33)27-12-14-28(41)15-13-27)43-32(44-30(21)24-8-6-23(19-40)7-9-24)25-10-4-22(5-11-25)17-35-31(42)26-3-2-16-34-18-26/h2-16,18,21,29-30,32,40-41H,17,19-20H2,1H3,(H,35,42)/t21-,29+,30+,32+/m0/s1. The molecule has 1 saturated heterocycles. The Balaban J connectivity index is 1.18. The number of thioether (sulfide) groups is 1. The van der Waals surface area contributed by atoms with Crippen molar-refractivity contribution in [2.75, 3.05) is 5.75 Å². The number of amides is 1. The quantitative estimate of drug-likeness (QED) is 0.186. The van der Waals surface area contributed by atoms with Gasteiger partial charge >= 0.3 is 0 Å². The Morgan fingerprint density at radius 1 is 0.956 bits per heavy atom. The fourth-order valence-electron chi connectivity index (χ4n) is 5.07. The van der Waals surface area contributed by atoms with Crippen LogP contribution in [0.5, 0.6) is 5.75 Å². The van der Waals surface area contributed by atoms with Crippen LogP contribution in [0.1, 0.15) is 51.9 Å². The Bertz CT molecular complexity index is 1700. The zero-order valence-corrected chi connectivity index (χ0v) is 25.2. The van der Waals surface area contributed by atoms with E-state index in [1.54, 1.807) is 47.3 Å². The number of aliphatic hydroxyl groups excluding tert-OH is 1. The number of hydrogen-bond acceptors (Lipinski definition) is 10. The molecule has 5 aromatic rings. The first kappa shape index (κ1) is 30.4. The normalized spacial score (nSPS) is 19.7. The molecule has 0 unspecified atom stereocenters. The van der Waals surface area contributed by atoms with Gasteiger partial charge in [-0.05, 0) is 63.5 Å². The molecule has 0 bridgehead atoms. The molecule has 3 heterocycles. The van der Waals surface area contributed by atoms with E-state index in [2.05, 4.69) is 32.7 Å². The number of tetrazole rings is 1. The van der Waals surface area contributed by atoms with Gasteiger partial charge < -0.3 is 25.0 Å². The predicted molar refractivity (Wildman–Crippen MR) is 166 cm³/mol. The molecule has 1 aliphatic rings. The zero-order valence-electron chi connectivity index (χ0n) is 24.4. The number of phenolic OH excluding ortho intramolecular Hbond substituents is 1. The second kappa shape index (κ2) is 14.0. The molecule has 11 nitrogen and oxygen atoms in total. The molecule has 6 rings (SSSR count). The molecule has 0 radical (unpaired) electrons. The van der Waals surface area contributed by atoms with Crippen molar-refractivity contribution in [2.24, 2.45) is 5.92 Å². The molecule has 2 aromatic heterocycles. The molecule has 1 fully saturated rings. The Kier molecular flexibility index (Phi) is 9.46. The van der Waals surface area contributed by atoms with E-state index in [4.69, 9.17) is 9.47 Å². The summed E-state index contributed by atoms with van der Waals surface area (Å²) in [5.74, 6) is 0.515. The van der Waals surface area contributed by atoms with Gasteiger partial charge in [0.2, 0.25) is 5.16 Å². The summed E-state index contributed by atoms with van der Waals surface area (Å²) in [5, 5.41) is 34.9. The summed E-state index contributed by atoms with van der Waals surface area (Å²) >= 11 is 1.48. The van der Waals surface area contributed by atoms with Gasteiger partial charge in [0.25, 0.3) is 5.91 Å². The van der Waals surface area contributed by atoms with Crippen molar-refractivity contribution >= 4 is 17.7 Å². The van der Waals surface area contributed by atoms with E-state index in [1.165, 1.54) is 18.0 Å². The topological polar surface area (TPSA) is 145 Å². The van der Waals surface area contributed by atoms with Gasteiger partial charge in [-0.2, -0.15) is 4.68 Å². The van der Waals surface area contributed by atoms with Gasteiger partial charge in [-0.25, -0.2) is 0 Å². The van der Waals surface area contributed by atoms with Crippen LogP contribution < -0.4 is 5.32 Å². The summed E-state index contributed by atoms with van der Waals surface area (Å²) < 4.78 is 14.8. The lowest BCUT2D eigenvalue weighted by atomic mass is 9.91. The maximum absolute atomic E-state index is 12.4. The fourth-order valence-corrected chi connectivity index (χ4v) is 6.12. The molecule has 230 valence electrons. The number of aromatic hydroxyl groups is 1. The van der Waals surface area contributed by atoms with E-state index in [0.717, 1.165) is 27.9 Å². The van der Waals surface area contributed by atoms with Gasteiger partial charge in [0.1, 0.15) is 5.75 Å². The number of nitrogens with one attached hydrogen (secondary N) is 1. The molecule has 0 aliphatic carbocycles. The lowest BCUT2D eigenvalue weighted by molar-refractivity contribution is -0.268. The highest BCUT2D eigenvalue weighted by Crippen LogP contribution is 2.43. The van der Waals surface area contributed by atoms with Crippen molar-refractivity contribution in [3.05, 3.63) is 125 Å². The molecule has 0 saturated carbocycles. The minimum absolute atomic E-state index is 0.0197. The van der Waals surface area contributed by atoms with Gasteiger partial charge in [-0.1, -0.05) is 67.2 Å². The third-order valence-corrected chi connectivity index (χ3v) is 8.67. The number of phenols is 1. The van der Waals surface area contributed by atoms with E-state index in [-0.39, 0.29) is 36.4 Å². The summed E-state index contributed by atoms with van der Waals surface area (Å²) in [4.78, 5) is 16.4. The van der Waals surface area contributed by atoms with E-state index >= 15 is 0 Å². The first-order valence-corrected chi connectivity index (χ1v) is 15.5. The second-order valence-electron chi connectivity index (χ2n) is 10.7. The molecular weight excluding hydrogens is 592 g/mol. The van der Waals surface area contributed by atoms with Crippen molar-refractivity contribution in [2.45, 2.75) is 43.7 Å². The number of ether oxygens (including phenoxy) is 2. The predicted octanol–water partition coefficient (Wildman–Crippen LogP) is 4.77. The average Bonchev–Trinajstić information content (AvgIpc) is 3.56. The second-order valence-corrected chi connectivity index (χ2v) is 11.7. The summed E-state index contributed by atoms with van der Waals surface area (Å²) in [5.41, 5.74) is 4.85. The number of carbonyl (C=O) groups is 1. The third kappa shape index (κ3) is 7.21. The highest BCUT2D eigenvalue weighted by atomic mass is 32.2. The number of benzene rings is 3. The van der Waals surface area contributed by atoms with Crippen molar-refractivity contribution < 1.29 is 24.5 Å². The molecule has 4 atom stereocenters. The van der Waals surface area contributed by atoms with Crippen LogP contribution in [0.2, 0.25) is 0 Å². The van der Waals surface area contributed by atoms with Gasteiger partial charge in [-0.15, -0.1) is 5.10 Å². The monoisotopic (exact) mass is 624 g/mol. The number of aliphatic hydroxyl groups is 1. The minimum atomic E-state index is -0.638. The molecule has 1 aliphatic heterocycles. The number of aromatic nitrogens is 5. The first-order chi connectivity index (χ1) is 22.0. The van der Waals surface area contributed by atoms with Crippen LogP contribution in [-0.4, -0.2) is 53.2 Å². The third-order valence-electron chi connectivity index (χ3n) is 7.66. The molecule has 1 amide bonds. The zero-order chi connectivity index (χ0) is 31.2. The average molecular weight is 625 g/mol. The van der Waals surface area contributed by atoms with E-state index < -0.39 is 6.29 Å². The van der Waals surface area contributed by atoms with Crippen LogP contribution in [0, 0.1) is 5.92 Å². The summed E-state index contributed by atoms with van der Waals surface area (Å²) in [6.07, 6.45) is 2.03. The van der Waals surface area contributed by atoms with Crippen LogP contribution in [0.3, 0.4) is 0 Å². The Hall–Kier alpha value is -4.62. The Labute approximate surface area is 264 Å². The lowest BCUT2D eigenvalue weighted by Crippen LogP contribution is -2.38. The highest BCUT2D eigenvalue weighted by Gasteiger charge is 2.38. The number of nitrogens with zero attached hydrogens (tertiary/aromatic N) is 5. The molecule has 12 heteroatoms. The van der Waals surface area contributed by atoms with Crippen molar-refractivity contribution in [3.63, 3.8) is 0 Å². The molecule has 0 spiro atoms. The van der Waals surface area contributed by atoms with E-state index in [1.807, 2.05) is 48.5 Å². The van der Waals surface area contributed by atoms with Gasteiger partial charge in [-0.3, -0.25) is 9.78 Å². The lowest BCUT2D eigenvalue weighted by Gasteiger charge is -2.41. The summed E-state index contributed by atoms with van der Waals surface area (Å²) in [7, 11) is 0. The van der Waals surface area contributed by atoms with Crippen LogP contribution in [0.25, 0.3) is 5.69 Å². The largest absolute Gasteiger partial charge is 0.508 e. The Morgan fingerprint density at radius 3 is 2.40 bits per heavy atom. The number of pyridine rings is 1. The summed E-state index contributed by atoms with van der Waals surface area (Å²) in [6, 6.07) is 25.7.